The van der Waals surface area contributed by atoms with Crippen LogP contribution in [0.5, 0.6) is 0 Å². The summed E-state index contributed by atoms with van der Waals surface area (Å²) in [5.41, 5.74) is 1.73. The van der Waals surface area contributed by atoms with Crippen molar-refractivity contribution in [3.63, 3.8) is 0 Å². The van der Waals surface area contributed by atoms with Crippen LogP contribution in [-0.2, 0) is 6.42 Å². The lowest BCUT2D eigenvalue weighted by atomic mass is 9.99. The van der Waals surface area contributed by atoms with Gasteiger partial charge in [0, 0.05) is 5.33 Å². The minimum absolute atomic E-state index is 0.146. The lowest BCUT2D eigenvalue weighted by molar-refractivity contribution is 0.583. The monoisotopic (exact) mass is 242 g/mol. The summed E-state index contributed by atoms with van der Waals surface area (Å²) in [6.07, 6.45) is 3.68. The van der Waals surface area contributed by atoms with Crippen molar-refractivity contribution in [1.82, 2.24) is 0 Å². The van der Waals surface area contributed by atoms with E-state index in [9.17, 15) is 4.39 Å². The summed E-state index contributed by atoms with van der Waals surface area (Å²) < 4.78 is 12.6. The van der Waals surface area contributed by atoms with E-state index in [1.807, 2.05) is 12.1 Å². The molecule has 0 nitrogen and oxygen atoms in total. The minimum Gasteiger partial charge on any atom is -0.207 e. The van der Waals surface area contributed by atoms with Crippen LogP contribution in [-0.4, -0.2) is 5.33 Å². The molecule has 1 aliphatic rings. The zero-order valence-corrected chi connectivity index (χ0v) is 8.98. The second-order valence-corrected chi connectivity index (χ2v) is 4.50. The molecule has 2 rings (SSSR count). The number of benzene rings is 1. The van der Waals surface area contributed by atoms with Crippen molar-refractivity contribution >= 4 is 15.9 Å². The molecule has 0 radical (unpaired) electrons. The van der Waals surface area contributed by atoms with Gasteiger partial charge in [0.2, 0.25) is 0 Å². The third-order valence-corrected chi connectivity index (χ3v) is 3.92. The molecule has 0 aliphatic heterocycles. The first-order valence-electron chi connectivity index (χ1n) is 4.55. The molecule has 1 aromatic carbocycles. The van der Waals surface area contributed by atoms with Crippen LogP contribution in [0.2, 0.25) is 0 Å². The third-order valence-electron chi connectivity index (χ3n) is 2.73. The predicted octanol–water partition coefficient (Wildman–Crippen LogP) is 3.54. The van der Waals surface area contributed by atoms with Crippen molar-refractivity contribution in [2.24, 2.45) is 5.41 Å². The van der Waals surface area contributed by atoms with Gasteiger partial charge in [-0.1, -0.05) is 28.1 Å². The summed E-state index contributed by atoms with van der Waals surface area (Å²) in [6, 6.07) is 6.86. The first-order valence-corrected chi connectivity index (χ1v) is 5.67. The van der Waals surface area contributed by atoms with E-state index in [0.29, 0.717) is 5.41 Å². The van der Waals surface area contributed by atoms with Crippen LogP contribution in [0, 0.1) is 11.2 Å². The predicted molar refractivity (Wildman–Crippen MR) is 55.6 cm³/mol. The molecule has 1 saturated carbocycles. The molecule has 0 aromatic heterocycles. The fourth-order valence-corrected chi connectivity index (χ4v) is 2.33. The van der Waals surface area contributed by atoms with Crippen molar-refractivity contribution < 1.29 is 4.39 Å². The van der Waals surface area contributed by atoms with E-state index in [2.05, 4.69) is 15.9 Å². The van der Waals surface area contributed by atoms with Gasteiger partial charge in [-0.15, -0.1) is 0 Å². The minimum atomic E-state index is -0.146. The van der Waals surface area contributed by atoms with Crippen molar-refractivity contribution in [3.05, 3.63) is 35.6 Å². The van der Waals surface area contributed by atoms with E-state index < -0.39 is 0 Å². The Kier molecular flexibility index (Phi) is 2.41. The smallest absolute Gasteiger partial charge is 0.123 e. The van der Waals surface area contributed by atoms with Gasteiger partial charge in [0.15, 0.2) is 0 Å². The Morgan fingerprint density at radius 3 is 2.31 bits per heavy atom. The summed E-state index contributed by atoms with van der Waals surface area (Å²) in [4.78, 5) is 0. The number of alkyl halides is 1. The zero-order chi connectivity index (χ0) is 9.31. The van der Waals surface area contributed by atoms with E-state index in [-0.39, 0.29) is 5.82 Å². The SMILES string of the molecule is Fc1ccc(CC2(CBr)CC2)cc1. The molecule has 2 heteroatoms. The standard InChI is InChI=1S/C11H12BrF/c12-8-11(5-6-11)7-9-1-3-10(13)4-2-9/h1-4H,5-8H2. The van der Waals surface area contributed by atoms with Gasteiger partial charge in [0.05, 0.1) is 0 Å². The molecule has 1 fully saturated rings. The zero-order valence-electron chi connectivity index (χ0n) is 7.39. The summed E-state index contributed by atoms with van der Waals surface area (Å²) in [5, 5.41) is 1.07. The van der Waals surface area contributed by atoms with E-state index in [0.717, 1.165) is 11.8 Å². The van der Waals surface area contributed by atoms with E-state index in [1.54, 1.807) is 12.1 Å². The molecular weight excluding hydrogens is 231 g/mol. The highest BCUT2D eigenvalue weighted by Crippen LogP contribution is 2.49. The quantitative estimate of drug-likeness (QED) is 0.712. The van der Waals surface area contributed by atoms with Crippen LogP contribution in [0.4, 0.5) is 4.39 Å². The highest BCUT2D eigenvalue weighted by atomic mass is 79.9. The molecule has 0 N–H and O–H groups in total. The normalized spacial score (nSPS) is 18.6. The maximum atomic E-state index is 12.6. The Morgan fingerprint density at radius 2 is 1.85 bits per heavy atom. The summed E-state index contributed by atoms with van der Waals surface area (Å²) in [5.74, 6) is -0.146. The van der Waals surface area contributed by atoms with E-state index in [1.165, 1.54) is 18.4 Å². The number of halogens is 2. The third kappa shape index (κ3) is 2.11. The first kappa shape index (κ1) is 9.20. The van der Waals surface area contributed by atoms with Crippen LogP contribution in [0.1, 0.15) is 18.4 Å². The fraction of sp³-hybridized carbons (Fsp3) is 0.455. The highest BCUT2D eigenvalue weighted by Gasteiger charge is 2.41. The molecule has 0 saturated heterocycles. The Morgan fingerprint density at radius 1 is 1.23 bits per heavy atom. The van der Waals surface area contributed by atoms with Gasteiger partial charge >= 0.3 is 0 Å². The van der Waals surface area contributed by atoms with Crippen molar-refractivity contribution in [2.75, 3.05) is 5.33 Å². The van der Waals surface area contributed by atoms with Gasteiger partial charge in [0.25, 0.3) is 0 Å². The van der Waals surface area contributed by atoms with Gasteiger partial charge in [-0.3, -0.25) is 0 Å². The van der Waals surface area contributed by atoms with Gasteiger partial charge < -0.3 is 0 Å². The van der Waals surface area contributed by atoms with Crippen LogP contribution in [0.15, 0.2) is 24.3 Å². The maximum absolute atomic E-state index is 12.6. The molecule has 70 valence electrons. The largest absolute Gasteiger partial charge is 0.207 e. The van der Waals surface area contributed by atoms with Crippen molar-refractivity contribution in [1.29, 1.82) is 0 Å². The average Bonchev–Trinajstić information content (AvgIpc) is 2.90. The Bertz CT molecular complexity index is 287. The molecule has 0 bridgehead atoms. The molecule has 0 atom stereocenters. The number of hydrogen-bond acceptors (Lipinski definition) is 0. The number of hydrogen-bond donors (Lipinski definition) is 0. The number of rotatable bonds is 3. The van der Waals surface area contributed by atoms with Gasteiger partial charge in [-0.05, 0) is 42.4 Å². The van der Waals surface area contributed by atoms with Gasteiger partial charge in [-0.25, -0.2) is 4.39 Å². The summed E-state index contributed by atoms with van der Waals surface area (Å²) >= 11 is 3.53. The van der Waals surface area contributed by atoms with E-state index >= 15 is 0 Å². The summed E-state index contributed by atoms with van der Waals surface area (Å²) in [7, 11) is 0. The van der Waals surface area contributed by atoms with Gasteiger partial charge in [0.1, 0.15) is 5.82 Å². The molecule has 1 aliphatic carbocycles. The molecule has 1 aromatic rings. The summed E-state index contributed by atoms with van der Waals surface area (Å²) in [6.45, 7) is 0. The van der Waals surface area contributed by atoms with Crippen LogP contribution in [0.3, 0.4) is 0 Å². The molecule has 0 heterocycles. The lowest BCUT2D eigenvalue weighted by Crippen LogP contribution is -2.05. The molecule has 0 spiro atoms. The lowest BCUT2D eigenvalue weighted by Gasteiger charge is -2.10. The van der Waals surface area contributed by atoms with Crippen LogP contribution < -0.4 is 0 Å². The van der Waals surface area contributed by atoms with Crippen LogP contribution >= 0.6 is 15.9 Å². The maximum Gasteiger partial charge on any atom is 0.123 e. The van der Waals surface area contributed by atoms with Gasteiger partial charge in [-0.2, -0.15) is 0 Å². The van der Waals surface area contributed by atoms with Crippen LogP contribution in [0.25, 0.3) is 0 Å². The first-order chi connectivity index (χ1) is 6.24. The van der Waals surface area contributed by atoms with Crippen molar-refractivity contribution in [2.45, 2.75) is 19.3 Å². The Balaban J connectivity index is 2.06. The molecule has 13 heavy (non-hydrogen) atoms. The van der Waals surface area contributed by atoms with E-state index in [4.69, 9.17) is 0 Å². The fourth-order valence-electron chi connectivity index (χ4n) is 1.57. The second-order valence-electron chi connectivity index (χ2n) is 3.94. The Labute approximate surface area is 86.3 Å². The topological polar surface area (TPSA) is 0 Å². The van der Waals surface area contributed by atoms with Crippen molar-refractivity contribution in [3.8, 4) is 0 Å². The second kappa shape index (κ2) is 3.41. The molecule has 0 amide bonds. The average molecular weight is 243 g/mol. The molecular formula is C11H12BrF. The highest BCUT2D eigenvalue weighted by molar-refractivity contribution is 9.09. The molecule has 0 unspecified atom stereocenters. The Hall–Kier alpha value is -0.370.